The van der Waals surface area contributed by atoms with E-state index in [4.69, 9.17) is 11.6 Å². The van der Waals surface area contributed by atoms with Crippen LogP contribution >= 0.6 is 11.6 Å². The Balaban J connectivity index is 3.48. The van der Waals surface area contributed by atoms with Crippen molar-refractivity contribution in [2.75, 3.05) is 7.11 Å². The van der Waals surface area contributed by atoms with Gasteiger partial charge in [-0.2, -0.15) is 13.2 Å². The fourth-order valence-electron chi connectivity index (χ4n) is 1.16. The minimum absolute atomic E-state index is 0.0893. The van der Waals surface area contributed by atoms with Gasteiger partial charge in [0.2, 0.25) is 0 Å². The van der Waals surface area contributed by atoms with Crippen LogP contribution in [0.4, 0.5) is 13.2 Å². The minimum atomic E-state index is -4.62. The fraction of sp³-hybridized carbons (Fsp3) is 0.300. The monoisotopic (exact) mass is 252 g/mol. The molecule has 0 atom stereocenters. The Bertz CT molecular complexity index is 427. The predicted molar refractivity (Wildman–Crippen MR) is 53.0 cm³/mol. The number of carbonyl (C=O) groups excluding carboxylic acids is 1. The summed E-state index contributed by atoms with van der Waals surface area (Å²) in [6, 6.07) is 1.90. The highest BCUT2D eigenvalue weighted by molar-refractivity contribution is 6.33. The molecule has 88 valence electrons. The molecule has 0 spiro atoms. The van der Waals surface area contributed by atoms with Gasteiger partial charge in [-0.1, -0.05) is 11.6 Å². The number of Topliss-reactive ketones (excluding diaryl/α,β-unsaturated/α-hetero) is 1. The van der Waals surface area contributed by atoms with E-state index in [9.17, 15) is 18.0 Å². The lowest BCUT2D eigenvalue weighted by Crippen LogP contribution is -2.09. The van der Waals surface area contributed by atoms with E-state index in [1.807, 2.05) is 0 Å². The fourth-order valence-corrected chi connectivity index (χ4v) is 1.45. The molecule has 0 aliphatic rings. The van der Waals surface area contributed by atoms with Gasteiger partial charge in [-0.3, -0.25) is 4.79 Å². The molecule has 0 unspecified atom stereocenters. The molecule has 16 heavy (non-hydrogen) atoms. The van der Waals surface area contributed by atoms with E-state index in [1.54, 1.807) is 0 Å². The zero-order chi connectivity index (χ0) is 12.5. The molecule has 0 heterocycles. The Morgan fingerprint density at radius 2 is 1.94 bits per heavy atom. The van der Waals surface area contributed by atoms with Crippen LogP contribution in [0.15, 0.2) is 12.1 Å². The van der Waals surface area contributed by atoms with Crippen LogP contribution in [0, 0.1) is 0 Å². The standard InChI is InChI=1S/C10H8ClF3O2/c1-5(15)6-3-7(10(12,13)14)9(11)8(4-6)16-2/h3-4H,1-2H3. The quantitative estimate of drug-likeness (QED) is 0.752. The van der Waals surface area contributed by atoms with Gasteiger partial charge in [-0.25, -0.2) is 0 Å². The Hall–Kier alpha value is -1.23. The first kappa shape index (κ1) is 12.8. The lowest BCUT2D eigenvalue weighted by Gasteiger charge is -2.13. The van der Waals surface area contributed by atoms with Crippen LogP contribution in [-0.4, -0.2) is 12.9 Å². The van der Waals surface area contributed by atoms with Crippen LogP contribution in [0.5, 0.6) is 5.75 Å². The number of hydrogen-bond acceptors (Lipinski definition) is 2. The number of benzene rings is 1. The smallest absolute Gasteiger partial charge is 0.418 e. The van der Waals surface area contributed by atoms with Crippen molar-refractivity contribution in [2.24, 2.45) is 0 Å². The maximum Gasteiger partial charge on any atom is 0.418 e. The van der Waals surface area contributed by atoms with E-state index in [-0.39, 0.29) is 11.3 Å². The van der Waals surface area contributed by atoms with Gasteiger partial charge in [-0.05, 0) is 19.1 Å². The molecule has 1 aromatic rings. The molecule has 0 aliphatic heterocycles. The highest BCUT2D eigenvalue weighted by Gasteiger charge is 2.35. The molecule has 6 heteroatoms. The maximum atomic E-state index is 12.6. The van der Waals surface area contributed by atoms with E-state index in [1.165, 1.54) is 20.1 Å². The van der Waals surface area contributed by atoms with Crippen molar-refractivity contribution in [1.82, 2.24) is 0 Å². The Kier molecular flexibility index (Phi) is 3.48. The average Bonchev–Trinajstić information content (AvgIpc) is 2.15. The van der Waals surface area contributed by atoms with Crippen LogP contribution in [0.25, 0.3) is 0 Å². The van der Waals surface area contributed by atoms with E-state index in [0.717, 1.165) is 0 Å². The van der Waals surface area contributed by atoms with Gasteiger partial charge in [0.15, 0.2) is 5.78 Å². The van der Waals surface area contributed by atoms with Crippen molar-refractivity contribution in [1.29, 1.82) is 0 Å². The zero-order valence-corrected chi connectivity index (χ0v) is 9.24. The highest BCUT2D eigenvalue weighted by Crippen LogP contribution is 2.40. The van der Waals surface area contributed by atoms with Gasteiger partial charge in [0.1, 0.15) is 5.75 Å². The van der Waals surface area contributed by atoms with Crippen LogP contribution in [0.1, 0.15) is 22.8 Å². The molecule has 0 saturated heterocycles. The second-order valence-corrected chi connectivity index (χ2v) is 3.47. The summed E-state index contributed by atoms with van der Waals surface area (Å²) >= 11 is 5.51. The molecule has 1 aromatic carbocycles. The van der Waals surface area contributed by atoms with Crippen molar-refractivity contribution in [3.8, 4) is 5.75 Å². The molecule has 0 amide bonds. The van der Waals surface area contributed by atoms with E-state index < -0.39 is 22.5 Å². The molecule has 1 rings (SSSR count). The van der Waals surface area contributed by atoms with Gasteiger partial charge in [0, 0.05) is 5.56 Å². The third-order valence-electron chi connectivity index (χ3n) is 1.97. The molecule has 0 saturated carbocycles. The first-order chi connectivity index (χ1) is 7.27. The summed E-state index contributed by atoms with van der Waals surface area (Å²) in [7, 11) is 1.19. The summed E-state index contributed by atoms with van der Waals surface area (Å²) < 4.78 is 42.4. The van der Waals surface area contributed by atoms with Crippen LogP contribution in [0.2, 0.25) is 5.02 Å². The Morgan fingerprint density at radius 1 is 1.38 bits per heavy atom. The van der Waals surface area contributed by atoms with Crippen LogP contribution in [-0.2, 0) is 6.18 Å². The third kappa shape index (κ3) is 2.47. The van der Waals surface area contributed by atoms with Crippen molar-refractivity contribution in [2.45, 2.75) is 13.1 Å². The summed E-state index contributed by atoms with van der Waals surface area (Å²) in [4.78, 5) is 11.0. The summed E-state index contributed by atoms with van der Waals surface area (Å²) in [6.45, 7) is 1.17. The van der Waals surface area contributed by atoms with Gasteiger partial charge in [0.05, 0.1) is 17.7 Å². The highest BCUT2D eigenvalue weighted by atomic mass is 35.5. The summed E-state index contributed by atoms with van der Waals surface area (Å²) in [5.41, 5.74) is -1.16. The molecule has 0 radical (unpaired) electrons. The number of methoxy groups -OCH3 is 1. The number of carbonyl (C=O) groups is 1. The van der Waals surface area contributed by atoms with Crippen molar-refractivity contribution >= 4 is 17.4 Å². The summed E-state index contributed by atoms with van der Waals surface area (Å²) in [5.74, 6) is -0.651. The topological polar surface area (TPSA) is 26.3 Å². The summed E-state index contributed by atoms with van der Waals surface area (Å²) in [6.07, 6.45) is -4.62. The SMILES string of the molecule is COc1cc(C(C)=O)cc(C(F)(F)F)c1Cl. The molecule has 0 N–H and O–H groups in total. The minimum Gasteiger partial charge on any atom is -0.495 e. The molecule has 0 bridgehead atoms. The number of rotatable bonds is 2. The van der Waals surface area contributed by atoms with Crippen LogP contribution < -0.4 is 4.74 Å². The lowest BCUT2D eigenvalue weighted by molar-refractivity contribution is -0.137. The Morgan fingerprint density at radius 3 is 2.31 bits per heavy atom. The zero-order valence-electron chi connectivity index (χ0n) is 8.48. The van der Waals surface area contributed by atoms with Crippen molar-refractivity contribution < 1.29 is 22.7 Å². The number of alkyl halides is 3. The molecule has 0 aromatic heterocycles. The number of hydrogen-bond donors (Lipinski definition) is 0. The average molecular weight is 253 g/mol. The van der Waals surface area contributed by atoms with Crippen LogP contribution in [0.3, 0.4) is 0 Å². The second kappa shape index (κ2) is 4.33. The molecular weight excluding hydrogens is 245 g/mol. The lowest BCUT2D eigenvalue weighted by atomic mass is 10.1. The first-order valence-electron chi connectivity index (χ1n) is 4.23. The third-order valence-corrected chi connectivity index (χ3v) is 2.36. The summed E-state index contributed by atoms with van der Waals surface area (Å²) in [5, 5.41) is -0.542. The largest absolute Gasteiger partial charge is 0.495 e. The van der Waals surface area contributed by atoms with Crippen molar-refractivity contribution in [3.63, 3.8) is 0 Å². The molecule has 0 fully saturated rings. The Labute approximate surface area is 95.0 Å². The second-order valence-electron chi connectivity index (χ2n) is 3.09. The van der Waals surface area contributed by atoms with E-state index >= 15 is 0 Å². The molecular formula is C10H8ClF3O2. The number of halogens is 4. The molecule has 2 nitrogen and oxygen atoms in total. The maximum absolute atomic E-state index is 12.6. The molecule has 0 aliphatic carbocycles. The normalized spacial score (nSPS) is 11.4. The predicted octanol–water partition coefficient (Wildman–Crippen LogP) is 3.57. The first-order valence-corrected chi connectivity index (χ1v) is 4.61. The number of ketones is 1. The van der Waals surface area contributed by atoms with Crippen molar-refractivity contribution in [3.05, 3.63) is 28.3 Å². The number of ether oxygens (including phenoxy) is 1. The van der Waals surface area contributed by atoms with Gasteiger partial charge >= 0.3 is 6.18 Å². The van der Waals surface area contributed by atoms with Gasteiger partial charge < -0.3 is 4.74 Å². The van der Waals surface area contributed by atoms with E-state index in [0.29, 0.717) is 6.07 Å². The van der Waals surface area contributed by atoms with Gasteiger partial charge in [0.25, 0.3) is 0 Å². The van der Waals surface area contributed by atoms with E-state index in [2.05, 4.69) is 4.74 Å². The van der Waals surface area contributed by atoms with Gasteiger partial charge in [-0.15, -0.1) is 0 Å².